The van der Waals surface area contributed by atoms with Crippen LogP contribution in [0, 0.1) is 11.2 Å². The molecule has 3 heterocycles. The van der Waals surface area contributed by atoms with Crippen LogP contribution in [0.4, 0.5) is 17.6 Å². The summed E-state index contributed by atoms with van der Waals surface area (Å²) >= 11 is 0. The maximum atomic E-state index is 13.8. The zero-order chi connectivity index (χ0) is 24.8. The number of fused-ring (bicyclic) bond motifs is 1. The van der Waals surface area contributed by atoms with Crippen LogP contribution >= 0.6 is 0 Å². The van der Waals surface area contributed by atoms with Gasteiger partial charge in [0.25, 0.3) is 11.8 Å². The Morgan fingerprint density at radius 1 is 1.23 bits per heavy atom. The molecule has 2 aromatic rings. The van der Waals surface area contributed by atoms with Crippen LogP contribution in [-0.4, -0.2) is 61.7 Å². The molecule has 2 atom stereocenters. The van der Waals surface area contributed by atoms with Crippen LogP contribution in [-0.2, 0) is 15.1 Å². The van der Waals surface area contributed by atoms with Crippen LogP contribution in [0.5, 0.6) is 11.6 Å². The summed E-state index contributed by atoms with van der Waals surface area (Å²) in [4.78, 5) is 18.9. The first-order valence-corrected chi connectivity index (χ1v) is 11.2. The minimum atomic E-state index is -4.34. The molecule has 3 fully saturated rings. The zero-order valence-electron chi connectivity index (χ0n) is 18.9. The Bertz CT molecular complexity index is 1120. The molecule has 2 saturated heterocycles. The Hall–Kier alpha value is -2.92. The van der Waals surface area contributed by atoms with Crippen LogP contribution < -0.4 is 9.47 Å². The predicted molar refractivity (Wildman–Crippen MR) is 113 cm³/mol. The summed E-state index contributed by atoms with van der Waals surface area (Å²) < 4.78 is 75.6. The second-order valence-electron chi connectivity index (χ2n) is 9.09. The number of hydrogen-bond donors (Lipinski definition) is 0. The normalized spacial score (nSPS) is 25.2. The molecule has 5 rings (SSSR count). The largest absolute Gasteiger partial charge is 0.487 e. The number of benzene rings is 1. The number of halogens is 4. The lowest BCUT2D eigenvalue weighted by Gasteiger charge is -2.41. The summed E-state index contributed by atoms with van der Waals surface area (Å²) in [7, 11) is 1.30. The van der Waals surface area contributed by atoms with E-state index in [1.165, 1.54) is 31.4 Å². The van der Waals surface area contributed by atoms with E-state index < -0.39 is 35.8 Å². The number of aromatic nitrogens is 1. The number of carbonyl (C=O) groups is 1. The van der Waals surface area contributed by atoms with E-state index in [2.05, 4.69) is 4.98 Å². The van der Waals surface area contributed by atoms with Crippen molar-refractivity contribution >= 4 is 5.91 Å². The maximum Gasteiger partial charge on any atom is 0.397 e. The molecule has 11 heteroatoms. The van der Waals surface area contributed by atoms with Gasteiger partial charge in [-0.05, 0) is 42.7 Å². The number of likely N-dealkylation sites (tertiary alicyclic amines) is 1. The van der Waals surface area contributed by atoms with Crippen molar-refractivity contribution in [2.75, 3.05) is 33.6 Å². The molecule has 1 unspecified atom stereocenters. The molecular weight excluding hydrogens is 472 g/mol. The lowest BCUT2D eigenvalue weighted by molar-refractivity contribution is -0.194. The predicted octanol–water partition coefficient (Wildman–Crippen LogP) is 4.06. The molecule has 7 nitrogen and oxygen atoms in total. The minimum Gasteiger partial charge on any atom is -0.487 e. The van der Waals surface area contributed by atoms with Gasteiger partial charge in [0.05, 0.1) is 13.7 Å². The van der Waals surface area contributed by atoms with Crippen LogP contribution in [0.15, 0.2) is 36.4 Å². The third-order valence-electron chi connectivity index (χ3n) is 7.04. The first kappa shape index (κ1) is 23.8. The van der Waals surface area contributed by atoms with E-state index in [0.29, 0.717) is 18.5 Å². The Labute approximate surface area is 198 Å². The highest BCUT2D eigenvalue weighted by molar-refractivity contribution is 5.92. The summed E-state index contributed by atoms with van der Waals surface area (Å²) in [5.74, 6) is -0.811. The van der Waals surface area contributed by atoms with E-state index in [-0.39, 0.29) is 49.3 Å². The number of nitrogens with zero attached hydrogens (tertiary/aromatic N) is 2. The first-order chi connectivity index (χ1) is 16.7. The van der Waals surface area contributed by atoms with Crippen molar-refractivity contribution in [2.45, 2.75) is 37.1 Å². The molecule has 188 valence electrons. The van der Waals surface area contributed by atoms with Crippen molar-refractivity contribution in [3.05, 3.63) is 53.5 Å². The fourth-order valence-corrected chi connectivity index (χ4v) is 4.67. The van der Waals surface area contributed by atoms with Gasteiger partial charge in [-0.1, -0.05) is 12.1 Å². The van der Waals surface area contributed by atoms with Gasteiger partial charge in [-0.3, -0.25) is 4.79 Å². The molecule has 1 saturated carbocycles. The SMILES string of the molecule is COc1nc(C(=O)N2CC[C@]3(c4cccc(F)c4)OCOC3C2)ccc1OCC1(C(F)(F)F)CC1. The first-order valence-electron chi connectivity index (χ1n) is 11.2. The van der Waals surface area contributed by atoms with Gasteiger partial charge in [0.15, 0.2) is 5.75 Å². The minimum absolute atomic E-state index is 0.0157. The Morgan fingerprint density at radius 2 is 2.03 bits per heavy atom. The van der Waals surface area contributed by atoms with Crippen molar-refractivity contribution in [3.63, 3.8) is 0 Å². The van der Waals surface area contributed by atoms with Gasteiger partial charge in [-0.25, -0.2) is 9.37 Å². The lowest BCUT2D eigenvalue weighted by atomic mass is 9.82. The molecule has 0 spiro atoms. The van der Waals surface area contributed by atoms with Crippen molar-refractivity contribution in [3.8, 4) is 11.6 Å². The number of amides is 1. The molecule has 3 aliphatic rings. The molecule has 35 heavy (non-hydrogen) atoms. The molecule has 0 N–H and O–H groups in total. The van der Waals surface area contributed by atoms with Crippen molar-refractivity contribution in [1.82, 2.24) is 9.88 Å². The average Bonchev–Trinajstić information content (AvgIpc) is 3.53. The molecule has 2 aliphatic heterocycles. The highest BCUT2D eigenvalue weighted by Crippen LogP contribution is 2.57. The van der Waals surface area contributed by atoms with Gasteiger partial charge >= 0.3 is 6.18 Å². The van der Waals surface area contributed by atoms with E-state index in [4.69, 9.17) is 18.9 Å². The van der Waals surface area contributed by atoms with Crippen molar-refractivity contribution < 1.29 is 41.3 Å². The molecule has 1 amide bonds. The van der Waals surface area contributed by atoms with Gasteiger partial charge in [0.1, 0.15) is 42.0 Å². The number of pyridine rings is 1. The lowest BCUT2D eigenvalue weighted by Crippen LogP contribution is -2.53. The number of methoxy groups -OCH3 is 1. The number of hydrogen-bond acceptors (Lipinski definition) is 6. The highest BCUT2D eigenvalue weighted by atomic mass is 19.4. The molecule has 1 aromatic heterocycles. The second-order valence-corrected chi connectivity index (χ2v) is 9.09. The van der Waals surface area contributed by atoms with Gasteiger partial charge in [-0.2, -0.15) is 13.2 Å². The standard InChI is InChI=1S/C24H24F4N2O5/c1-32-20-18(33-13-22(7-8-22)24(26,27)28)6-5-17(29-20)21(31)30-10-9-23(19(12-30)34-14-35-23)15-3-2-4-16(25)11-15/h2-6,11,19H,7-10,12-14H2,1H3/t19?,23-/m1/s1. The number of rotatable bonds is 6. The number of carbonyl (C=O) groups excluding carboxylic acids is 1. The third kappa shape index (κ3) is 4.20. The van der Waals surface area contributed by atoms with Crippen molar-refractivity contribution in [1.29, 1.82) is 0 Å². The number of piperidine rings is 1. The smallest absolute Gasteiger partial charge is 0.397 e. The molecular formula is C24H24F4N2O5. The molecule has 0 radical (unpaired) electrons. The number of ether oxygens (including phenoxy) is 4. The highest BCUT2D eigenvalue weighted by Gasteiger charge is 2.64. The summed E-state index contributed by atoms with van der Waals surface area (Å²) in [6, 6.07) is 8.93. The van der Waals surface area contributed by atoms with E-state index in [1.54, 1.807) is 17.0 Å². The maximum absolute atomic E-state index is 13.8. The summed E-state index contributed by atoms with van der Waals surface area (Å²) in [6.45, 7) is 0.00707. The van der Waals surface area contributed by atoms with E-state index >= 15 is 0 Å². The quantitative estimate of drug-likeness (QED) is 0.562. The van der Waals surface area contributed by atoms with Crippen LogP contribution in [0.3, 0.4) is 0 Å². The Morgan fingerprint density at radius 3 is 2.71 bits per heavy atom. The molecule has 0 bridgehead atoms. The number of alkyl halides is 3. The Kier molecular flexibility index (Phi) is 5.87. The molecule has 1 aliphatic carbocycles. The van der Waals surface area contributed by atoms with E-state index in [1.807, 2.05) is 0 Å². The zero-order valence-corrected chi connectivity index (χ0v) is 18.9. The van der Waals surface area contributed by atoms with Gasteiger partial charge < -0.3 is 23.8 Å². The van der Waals surface area contributed by atoms with Gasteiger partial charge in [0.2, 0.25) is 0 Å². The van der Waals surface area contributed by atoms with Crippen LogP contribution in [0.2, 0.25) is 0 Å². The monoisotopic (exact) mass is 496 g/mol. The Balaban J connectivity index is 1.29. The van der Waals surface area contributed by atoms with Gasteiger partial charge in [-0.15, -0.1) is 0 Å². The molecule has 1 aromatic carbocycles. The fraction of sp³-hybridized carbons (Fsp3) is 0.500. The van der Waals surface area contributed by atoms with Crippen LogP contribution in [0.1, 0.15) is 35.3 Å². The van der Waals surface area contributed by atoms with E-state index in [9.17, 15) is 22.4 Å². The fourth-order valence-electron chi connectivity index (χ4n) is 4.67. The van der Waals surface area contributed by atoms with Crippen LogP contribution in [0.25, 0.3) is 0 Å². The van der Waals surface area contributed by atoms with E-state index in [0.717, 1.165) is 0 Å². The second kappa shape index (κ2) is 8.63. The summed E-state index contributed by atoms with van der Waals surface area (Å²) in [6.07, 6.45) is -4.41. The summed E-state index contributed by atoms with van der Waals surface area (Å²) in [5.41, 5.74) is -1.97. The topological polar surface area (TPSA) is 70.1 Å². The average molecular weight is 496 g/mol. The van der Waals surface area contributed by atoms with Gasteiger partial charge in [0, 0.05) is 13.0 Å². The third-order valence-corrected chi connectivity index (χ3v) is 7.04. The summed E-state index contributed by atoms with van der Waals surface area (Å²) in [5, 5.41) is 0. The van der Waals surface area contributed by atoms with Crippen molar-refractivity contribution in [2.24, 2.45) is 5.41 Å².